The smallest absolute Gasteiger partial charge is 0.0446 e. The molecule has 2 N–H and O–H groups in total. The van der Waals surface area contributed by atoms with Crippen LogP contribution in [0.1, 0.15) is 38.2 Å². The summed E-state index contributed by atoms with van der Waals surface area (Å²) in [6.07, 6.45) is 1.99. The molecule has 19 heavy (non-hydrogen) atoms. The first-order chi connectivity index (χ1) is 9.22. The van der Waals surface area contributed by atoms with E-state index in [4.69, 9.17) is 5.11 Å². The minimum Gasteiger partial charge on any atom is -0.396 e. The summed E-state index contributed by atoms with van der Waals surface area (Å²) in [7, 11) is 0. The first-order valence-electron chi connectivity index (χ1n) is 7.40. The normalized spacial score (nSPS) is 20.6. The number of anilines is 1. The highest BCUT2D eigenvalue weighted by atomic mass is 16.3. The van der Waals surface area contributed by atoms with Gasteiger partial charge >= 0.3 is 0 Å². The summed E-state index contributed by atoms with van der Waals surface area (Å²) in [5, 5.41) is 12.7. The average molecular weight is 262 g/mol. The fourth-order valence-corrected chi connectivity index (χ4v) is 2.83. The lowest BCUT2D eigenvalue weighted by Crippen LogP contribution is -2.38. The van der Waals surface area contributed by atoms with Crippen molar-refractivity contribution in [3.63, 3.8) is 0 Å². The van der Waals surface area contributed by atoms with Gasteiger partial charge in [-0.3, -0.25) is 0 Å². The molecule has 2 rings (SSSR count). The van der Waals surface area contributed by atoms with Gasteiger partial charge in [-0.1, -0.05) is 32.0 Å². The van der Waals surface area contributed by atoms with Gasteiger partial charge in [0.15, 0.2) is 0 Å². The first-order valence-corrected chi connectivity index (χ1v) is 7.40. The molecule has 1 heterocycles. The molecule has 0 aromatic heterocycles. The number of aliphatic hydroxyl groups excluding tert-OH is 1. The van der Waals surface area contributed by atoms with Gasteiger partial charge in [0.25, 0.3) is 0 Å². The van der Waals surface area contributed by atoms with E-state index >= 15 is 0 Å². The molecule has 0 saturated carbocycles. The highest BCUT2D eigenvalue weighted by molar-refractivity contribution is 5.55. The van der Waals surface area contributed by atoms with E-state index in [1.807, 2.05) is 0 Å². The van der Waals surface area contributed by atoms with Crippen molar-refractivity contribution in [3.05, 3.63) is 29.8 Å². The van der Waals surface area contributed by atoms with Gasteiger partial charge in [0.2, 0.25) is 0 Å². The second kappa shape index (κ2) is 6.92. The Morgan fingerprint density at radius 1 is 1.37 bits per heavy atom. The third-order valence-corrected chi connectivity index (χ3v) is 3.86. The summed E-state index contributed by atoms with van der Waals surface area (Å²) >= 11 is 0. The number of aliphatic hydroxyl groups is 1. The number of nitrogens with zero attached hydrogens (tertiary/aromatic N) is 1. The Bertz CT molecular complexity index is 392. The average Bonchev–Trinajstić information content (AvgIpc) is 2.65. The molecule has 0 amide bonds. The zero-order valence-corrected chi connectivity index (χ0v) is 12.1. The molecule has 0 bridgehead atoms. The SMILES string of the molecule is CC(C)c1ccccc1N1CCCNC(CCO)C1. The monoisotopic (exact) mass is 262 g/mol. The molecule has 106 valence electrons. The van der Waals surface area contributed by atoms with E-state index in [2.05, 4.69) is 48.3 Å². The zero-order chi connectivity index (χ0) is 13.7. The number of rotatable bonds is 4. The van der Waals surface area contributed by atoms with Crippen molar-refractivity contribution in [2.75, 3.05) is 31.1 Å². The summed E-state index contributed by atoms with van der Waals surface area (Å²) in [6.45, 7) is 7.89. The van der Waals surface area contributed by atoms with Crippen LogP contribution in [-0.4, -0.2) is 37.4 Å². The van der Waals surface area contributed by atoms with Crippen LogP contribution in [0.15, 0.2) is 24.3 Å². The third kappa shape index (κ3) is 3.71. The maximum Gasteiger partial charge on any atom is 0.0446 e. The van der Waals surface area contributed by atoms with E-state index < -0.39 is 0 Å². The maximum atomic E-state index is 9.15. The van der Waals surface area contributed by atoms with E-state index in [9.17, 15) is 0 Å². The largest absolute Gasteiger partial charge is 0.396 e. The van der Waals surface area contributed by atoms with Crippen molar-refractivity contribution in [3.8, 4) is 0 Å². The standard InChI is InChI=1S/C16H26N2O/c1-13(2)15-6-3-4-7-16(15)18-10-5-9-17-14(12-18)8-11-19/h3-4,6-7,13-14,17,19H,5,8-12H2,1-2H3. The van der Waals surface area contributed by atoms with E-state index in [0.29, 0.717) is 12.0 Å². The molecule has 0 spiro atoms. The lowest BCUT2D eigenvalue weighted by Gasteiger charge is -2.29. The van der Waals surface area contributed by atoms with Crippen molar-refractivity contribution in [2.45, 2.75) is 38.6 Å². The van der Waals surface area contributed by atoms with Crippen LogP contribution in [0, 0.1) is 0 Å². The van der Waals surface area contributed by atoms with Gasteiger partial charge in [-0.2, -0.15) is 0 Å². The molecule has 1 fully saturated rings. The molecule has 0 aliphatic carbocycles. The number of hydrogen-bond acceptors (Lipinski definition) is 3. The van der Waals surface area contributed by atoms with Gasteiger partial charge in [0.05, 0.1) is 0 Å². The van der Waals surface area contributed by atoms with Crippen molar-refractivity contribution in [1.29, 1.82) is 0 Å². The van der Waals surface area contributed by atoms with E-state index in [0.717, 1.165) is 32.5 Å². The fourth-order valence-electron chi connectivity index (χ4n) is 2.83. The molecule has 0 radical (unpaired) electrons. The fraction of sp³-hybridized carbons (Fsp3) is 0.625. The minimum absolute atomic E-state index is 0.261. The Morgan fingerprint density at radius 2 is 2.16 bits per heavy atom. The molecule has 1 aliphatic heterocycles. The van der Waals surface area contributed by atoms with Crippen LogP contribution in [0.2, 0.25) is 0 Å². The van der Waals surface area contributed by atoms with Crippen molar-refractivity contribution >= 4 is 5.69 Å². The van der Waals surface area contributed by atoms with Crippen LogP contribution < -0.4 is 10.2 Å². The first kappa shape index (κ1) is 14.4. The van der Waals surface area contributed by atoms with Gasteiger partial charge in [0.1, 0.15) is 0 Å². The van der Waals surface area contributed by atoms with Crippen LogP contribution in [0.3, 0.4) is 0 Å². The lowest BCUT2D eigenvalue weighted by molar-refractivity contribution is 0.267. The number of nitrogens with one attached hydrogen (secondary N) is 1. The Labute approximate surface area is 116 Å². The predicted octanol–water partition coefficient (Wildman–Crippen LogP) is 2.36. The Morgan fingerprint density at radius 3 is 2.89 bits per heavy atom. The van der Waals surface area contributed by atoms with Crippen molar-refractivity contribution < 1.29 is 5.11 Å². The molecule has 1 aromatic rings. The summed E-state index contributed by atoms with van der Waals surface area (Å²) < 4.78 is 0. The van der Waals surface area contributed by atoms with Crippen molar-refractivity contribution in [2.24, 2.45) is 0 Å². The number of para-hydroxylation sites is 1. The summed E-state index contributed by atoms with van der Waals surface area (Å²) in [5.41, 5.74) is 2.79. The van der Waals surface area contributed by atoms with Crippen LogP contribution in [0.25, 0.3) is 0 Å². The molecule has 3 nitrogen and oxygen atoms in total. The van der Waals surface area contributed by atoms with Gasteiger partial charge in [-0.05, 0) is 36.9 Å². The highest BCUT2D eigenvalue weighted by Gasteiger charge is 2.19. The molecule has 1 saturated heterocycles. The molecule has 1 unspecified atom stereocenters. The molecule has 1 aromatic carbocycles. The topological polar surface area (TPSA) is 35.5 Å². The van der Waals surface area contributed by atoms with Crippen LogP contribution >= 0.6 is 0 Å². The minimum atomic E-state index is 0.261. The second-order valence-corrected chi connectivity index (χ2v) is 5.68. The third-order valence-electron chi connectivity index (χ3n) is 3.86. The Kier molecular flexibility index (Phi) is 5.23. The lowest BCUT2D eigenvalue weighted by atomic mass is 10.00. The molecular weight excluding hydrogens is 236 g/mol. The Hall–Kier alpha value is -1.06. The summed E-state index contributed by atoms with van der Waals surface area (Å²) in [4.78, 5) is 2.48. The van der Waals surface area contributed by atoms with E-state index in [1.165, 1.54) is 11.3 Å². The number of hydrogen-bond donors (Lipinski definition) is 2. The van der Waals surface area contributed by atoms with Crippen LogP contribution in [0.4, 0.5) is 5.69 Å². The summed E-state index contributed by atoms with van der Waals surface area (Å²) in [5.74, 6) is 0.545. The zero-order valence-electron chi connectivity index (χ0n) is 12.1. The summed E-state index contributed by atoms with van der Waals surface area (Å²) in [6, 6.07) is 9.12. The highest BCUT2D eigenvalue weighted by Crippen LogP contribution is 2.28. The Balaban J connectivity index is 2.19. The second-order valence-electron chi connectivity index (χ2n) is 5.68. The van der Waals surface area contributed by atoms with Gasteiger partial charge < -0.3 is 15.3 Å². The van der Waals surface area contributed by atoms with Gasteiger partial charge in [-0.25, -0.2) is 0 Å². The van der Waals surface area contributed by atoms with E-state index in [1.54, 1.807) is 0 Å². The predicted molar refractivity (Wildman–Crippen MR) is 80.9 cm³/mol. The van der Waals surface area contributed by atoms with Crippen molar-refractivity contribution in [1.82, 2.24) is 5.32 Å². The molecule has 1 atom stereocenters. The molecule has 3 heteroatoms. The van der Waals surface area contributed by atoms with Crippen LogP contribution in [-0.2, 0) is 0 Å². The molecular formula is C16H26N2O. The quantitative estimate of drug-likeness (QED) is 0.874. The molecule has 1 aliphatic rings. The maximum absolute atomic E-state index is 9.15. The van der Waals surface area contributed by atoms with E-state index in [-0.39, 0.29) is 6.61 Å². The van der Waals surface area contributed by atoms with Gasteiger partial charge in [-0.15, -0.1) is 0 Å². The van der Waals surface area contributed by atoms with Crippen LogP contribution in [0.5, 0.6) is 0 Å². The van der Waals surface area contributed by atoms with Gasteiger partial charge in [0, 0.05) is 31.4 Å². The number of benzene rings is 1.